The number of furan rings is 1. The lowest BCUT2D eigenvalue weighted by molar-refractivity contribution is -0.121. The standard InChI is InChI=1S/C16H15N3O4/c1-10-4-5-11(23-10)9-18-13(20)6-8-19-15(21)12-3-2-7-17-14(12)16(19)22/h2-5,7H,6,8-9H2,1H3,(H,18,20). The van der Waals surface area contributed by atoms with E-state index in [0.717, 1.165) is 10.7 Å². The summed E-state index contributed by atoms with van der Waals surface area (Å²) in [4.78, 5) is 41.0. The van der Waals surface area contributed by atoms with Gasteiger partial charge in [0, 0.05) is 19.2 Å². The van der Waals surface area contributed by atoms with Gasteiger partial charge in [-0.15, -0.1) is 0 Å². The van der Waals surface area contributed by atoms with E-state index in [-0.39, 0.29) is 36.7 Å². The third-order valence-electron chi connectivity index (χ3n) is 3.55. The monoisotopic (exact) mass is 313 g/mol. The van der Waals surface area contributed by atoms with Crippen LogP contribution in [0.25, 0.3) is 0 Å². The number of pyridine rings is 1. The fourth-order valence-corrected chi connectivity index (χ4v) is 2.38. The number of amides is 3. The van der Waals surface area contributed by atoms with Crippen LogP contribution >= 0.6 is 0 Å². The number of rotatable bonds is 5. The third-order valence-corrected chi connectivity index (χ3v) is 3.55. The van der Waals surface area contributed by atoms with Crippen LogP contribution in [0.2, 0.25) is 0 Å². The van der Waals surface area contributed by atoms with E-state index in [4.69, 9.17) is 4.42 Å². The van der Waals surface area contributed by atoms with Gasteiger partial charge in [-0.1, -0.05) is 0 Å². The van der Waals surface area contributed by atoms with E-state index in [9.17, 15) is 14.4 Å². The van der Waals surface area contributed by atoms with Crippen molar-refractivity contribution >= 4 is 17.7 Å². The zero-order chi connectivity index (χ0) is 16.4. The summed E-state index contributed by atoms with van der Waals surface area (Å²) in [5, 5.41) is 2.69. The van der Waals surface area contributed by atoms with E-state index in [1.165, 1.54) is 6.20 Å². The number of carbonyl (C=O) groups excluding carboxylic acids is 3. The van der Waals surface area contributed by atoms with Crippen molar-refractivity contribution in [2.24, 2.45) is 0 Å². The lowest BCUT2D eigenvalue weighted by atomic mass is 10.2. The van der Waals surface area contributed by atoms with E-state index in [2.05, 4.69) is 10.3 Å². The summed E-state index contributed by atoms with van der Waals surface area (Å²) in [6, 6.07) is 6.76. The van der Waals surface area contributed by atoms with Crippen molar-refractivity contribution in [1.82, 2.24) is 15.2 Å². The number of aromatic nitrogens is 1. The Balaban J connectivity index is 1.54. The molecule has 1 aliphatic rings. The van der Waals surface area contributed by atoms with Crippen molar-refractivity contribution in [3.8, 4) is 0 Å². The van der Waals surface area contributed by atoms with Gasteiger partial charge in [-0.05, 0) is 31.2 Å². The van der Waals surface area contributed by atoms with Gasteiger partial charge in [0.05, 0.1) is 12.1 Å². The molecule has 3 rings (SSSR count). The number of nitrogens with zero attached hydrogens (tertiary/aromatic N) is 2. The van der Waals surface area contributed by atoms with E-state index in [1.54, 1.807) is 18.2 Å². The zero-order valence-electron chi connectivity index (χ0n) is 12.5. The van der Waals surface area contributed by atoms with Gasteiger partial charge in [0.2, 0.25) is 5.91 Å². The van der Waals surface area contributed by atoms with Crippen LogP contribution in [0.5, 0.6) is 0 Å². The Kier molecular flexibility index (Phi) is 3.92. The van der Waals surface area contributed by atoms with Gasteiger partial charge >= 0.3 is 0 Å². The van der Waals surface area contributed by atoms with Crippen LogP contribution in [-0.2, 0) is 11.3 Å². The van der Waals surface area contributed by atoms with E-state index < -0.39 is 11.8 Å². The molecule has 0 spiro atoms. The smallest absolute Gasteiger partial charge is 0.280 e. The molecule has 3 heterocycles. The van der Waals surface area contributed by atoms with Crippen molar-refractivity contribution < 1.29 is 18.8 Å². The summed E-state index contributed by atoms with van der Waals surface area (Å²) < 4.78 is 5.35. The molecule has 2 aromatic rings. The number of imide groups is 1. The first-order chi connectivity index (χ1) is 11.1. The number of nitrogens with one attached hydrogen (secondary N) is 1. The van der Waals surface area contributed by atoms with Gasteiger partial charge in [0.1, 0.15) is 17.2 Å². The molecule has 3 amide bonds. The number of hydrogen-bond acceptors (Lipinski definition) is 5. The van der Waals surface area contributed by atoms with Crippen LogP contribution in [0.3, 0.4) is 0 Å². The van der Waals surface area contributed by atoms with Gasteiger partial charge in [-0.2, -0.15) is 0 Å². The summed E-state index contributed by atoms with van der Waals surface area (Å²) >= 11 is 0. The summed E-state index contributed by atoms with van der Waals surface area (Å²) in [6.45, 7) is 2.12. The van der Waals surface area contributed by atoms with E-state index >= 15 is 0 Å². The number of fused-ring (bicyclic) bond motifs is 1. The van der Waals surface area contributed by atoms with Crippen molar-refractivity contribution in [3.63, 3.8) is 0 Å². The normalized spacial score (nSPS) is 13.3. The molecule has 0 radical (unpaired) electrons. The highest BCUT2D eigenvalue weighted by Gasteiger charge is 2.36. The van der Waals surface area contributed by atoms with E-state index in [0.29, 0.717) is 5.76 Å². The molecule has 0 unspecified atom stereocenters. The fourth-order valence-electron chi connectivity index (χ4n) is 2.38. The Labute approximate surface area is 132 Å². The largest absolute Gasteiger partial charge is 0.465 e. The molecule has 7 nitrogen and oxygen atoms in total. The highest BCUT2D eigenvalue weighted by atomic mass is 16.3. The first kappa shape index (κ1) is 15.0. The van der Waals surface area contributed by atoms with Crippen LogP contribution in [0, 0.1) is 6.92 Å². The van der Waals surface area contributed by atoms with Crippen LogP contribution in [-0.4, -0.2) is 34.2 Å². The maximum absolute atomic E-state index is 12.1. The lowest BCUT2D eigenvalue weighted by Crippen LogP contribution is -2.34. The van der Waals surface area contributed by atoms with Crippen molar-refractivity contribution in [2.45, 2.75) is 19.9 Å². The van der Waals surface area contributed by atoms with Crippen molar-refractivity contribution in [2.75, 3.05) is 6.54 Å². The van der Waals surface area contributed by atoms with Gasteiger partial charge < -0.3 is 9.73 Å². The topological polar surface area (TPSA) is 92.5 Å². The maximum Gasteiger partial charge on any atom is 0.280 e. The summed E-state index contributed by atoms with van der Waals surface area (Å²) in [5.41, 5.74) is 0.424. The molecule has 0 atom stereocenters. The Bertz CT molecular complexity index is 746. The van der Waals surface area contributed by atoms with Crippen LogP contribution in [0.1, 0.15) is 38.8 Å². The van der Waals surface area contributed by atoms with Crippen molar-refractivity contribution in [3.05, 3.63) is 53.2 Å². The SMILES string of the molecule is Cc1ccc(CNC(=O)CCN2C(=O)c3cccnc3C2=O)o1. The molecule has 1 N–H and O–H groups in total. The number of carbonyl (C=O) groups is 3. The highest BCUT2D eigenvalue weighted by Crippen LogP contribution is 2.20. The molecule has 2 aromatic heterocycles. The molecular formula is C16H15N3O4. The minimum Gasteiger partial charge on any atom is -0.465 e. The molecule has 118 valence electrons. The predicted octanol–water partition coefficient (Wildman–Crippen LogP) is 1.29. The number of hydrogen-bond donors (Lipinski definition) is 1. The molecule has 0 fully saturated rings. The lowest BCUT2D eigenvalue weighted by Gasteiger charge is -2.12. The molecule has 0 saturated carbocycles. The first-order valence-electron chi connectivity index (χ1n) is 7.19. The maximum atomic E-state index is 12.1. The van der Waals surface area contributed by atoms with Gasteiger partial charge in [-0.25, -0.2) is 0 Å². The molecule has 0 saturated heterocycles. The average Bonchev–Trinajstić information content (AvgIpc) is 3.07. The third kappa shape index (κ3) is 2.98. The van der Waals surface area contributed by atoms with Gasteiger partial charge in [0.25, 0.3) is 11.8 Å². The molecule has 0 aliphatic carbocycles. The van der Waals surface area contributed by atoms with Crippen molar-refractivity contribution in [1.29, 1.82) is 0 Å². The predicted molar refractivity (Wildman–Crippen MR) is 79.5 cm³/mol. The summed E-state index contributed by atoms with van der Waals surface area (Å²) in [5.74, 6) is 0.296. The molecule has 0 aromatic carbocycles. The van der Waals surface area contributed by atoms with Crippen LogP contribution in [0.15, 0.2) is 34.9 Å². The fraction of sp³-hybridized carbons (Fsp3) is 0.250. The van der Waals surface area contributed by atoms with Gasteiger partial charge in [0.15, 0.2) is 0 Å². The molecular weight excluding hydrogens is 298 g/mol. The van der Waals surface area contributed by atoms with Gasteiger partial charge in [-0.3, -0.25) is 24.3 Å². The molecule has 7 heteroatoms. The highest BCUT2D eigenvalue weighted by molar-refractivity contribution is 6.20. The molecule has 1 aliphatic heterocycles. The Morgan fingerprint density at radius 1 is 1.26 bits per heavy atom. The summed E-state index contributed by atoms with van der Waals surface area (Å²) in [7, 11) is 0. The Morgan fingerprint density at radius 2 is 2.09 bits per heavy atom. The van der Waals surface area contributed by atoms with E-state index in [1.807, 2.05) is 13.0 Å². The minimum atomic E-state index is -0.458. The molecule has 0 bridgehead atoms. The van der Waals surface area contributed by atoms with Crippen LogP contribution in [0.4, 0.5) is 0 Å². The second-order valence-corrected chi connectivity index (χ2v) is 5.20. The minimum absolute atomic E-state index is 0.0248. The quantitative estimate of drug-likeness (QED) is 0.840. The Hall–Kier alpha value is -2.96. The second kappa shape index (κ2) is 6.04. The second-order valence-electron chi connectivity index (χ2n) is 5.20. The summed E-state index contributed by atoms with van der Waals surface area (Å²) in [6.07, 6.45) is 1.50. The average molecular weight is 313 g/mol. The zero-order valence-corrected chi connectivity index (χ0v) is 12.5. The van der Waals surface area contributed by atoms with Crippen LogP contribution < -0.4 is 5.32 Å². The first-order valence-corrected chi connectivity index (χ1v) is 7.19. The number of aryl methyl sites for hydroxylation is 1. The Morgan fingerprint density at radius 3 is 2.78 bits per heavy atom. The molecule has 23 heavy (non-hydrogen) atoms.